The second kappa shape index (κ2) is 9.41. The van der Waals surface area contributed by atoms with Crippen LogP contribution in [-0.2, 0) is 16.6 Å². The molecule has 2 aromatic carbocycles. The van der Waals surface area contributed by atoms with Crippen molar-refractivity contribution in [3.05, 3.63) is 84.2 Å². The first kappa shape index (κ1) is 21.3. The summed E-state index contributed by atoms with van der Waals surface area (Å²) < 4.78 is 31.8. The quantitative estimate of drug-likeness (QED) is 0.594. The van der Waals surface area contributed by atoms with Gasteiger partial charge in [-0.15, -0.1) is 0 Å². The molecule has 30 heavy (non-hydrogen) atoms. The molecule has 0 bridgehead atoms. The Morgan fingerprint density at radius 3 is 2.43 bits per heavy atom. The van der Waals surface area contributed by atoms with Crippen molar-refractivity contribution in [2.45, 2.75) is 13.5 Å². The summed E-state index contributed by atoms with van der Waals surface area (Å²) in [5.74, 6) is 0.231. The van der Waals surface area contributed by atoms with Gasteiger partial charge in [-0.2, -0.15) is 0 Å². The number of amides is 1. The predicted octanol–water partition coefficient (Wildman–Crippen LogP) is 3.70. The number of carbonyl (C=O) groups is 1. The van der Waals surface area contributed by atoms with Crippen molar-refractivity contribution in [1.82, 2.24) is 4.98 Å². The van der Waals surface area contributed by atoms with Crippen LogP contribution in [0.25, 0.3) is 0 Å². The fraction of sp³-hybridized carbons (Fsp3) is 0.182. The number of rotatable bonds is 8. The van der Waals surface area contributed by atoms with E-state index in [0.29, 0.717) is 29.3 Å². The van der Waals surface area contributed by atoms with Crippen LogP contribution in [0.4, 0.5) is 11.4 Å². The number of ether oxygens (including phenoxy) is 1. The molecule has 156 valence electrons. The first-order valence-electron chi connectivity index (χ1n) is 9.38. The number of para-hydroxylation sites is 2. The van der Waals surface area contributed by atoms with Crippen molar-refractivity contribution in [3.8, 4) is 5.75 Å². The van der Waals surface area contributed by atoms with Crippen LogP contribution in [0.3, 0.4) is 0 Å². The third-order valence-corrected chi connectivity index (χ3v) is 5.42. The largest absolute Gasteiger partial charge is 0.492 e. The minimum absolute atomic E-state index is 0.118. The second-order valence-electron chi connectivity index (χ2n) is 6.56. The maximum absolute atomic E-state index is 12.5. The summed E-state index contributed by atoms with van der Waals surface area (Å²) in [4.78, 5) is 16.3. The topological polar surface area (TPSA) is 88.6 Å². The highest BCUT2D eigenvalue weighted by Gasteiger charge is 2.21. The summed E-state index contributed by atoms with van der Waals surface area (Å²) >= 11 is 0. The molecule has 1 N–H and O–H groups in total. The van der Waals surface area contributed by atoms with Crippen molar-refractivity contribution < 1.29 is 17.9 Å². The minimum atomic E-state index is -3.56. The van der Waals surface area contributed by atoms with E-state index < -0.39 is 10.0 Å². The van der Waals surface area contributed by atoms with Gasteiger partial charge < -0.3 is 10.1 Å². The number of aromatic nitrogens is 1. The Balaban J connectivity index is 1.80. The molecule has 8 heteroatoms. The van der Waals surface area contributed by atoms with Crippen LogP contribution in [0.1, 0.15) is 22.8 Å². The number of nitrogens with zero attached hydrogens (tertiary/aromatic N) is 2. The molecule has 0 aliphatic heterocycles. The molecule has 1 amide bonds. The maximum Gasteiger partial charge on any atom is 0.255 e. The third kappa shape index (κ3) is 5.36. The Morgan fingerprint density at radius 1 is 1.07 bits per heavy atom. The molecule has 1 aromatic heterocycles. The SMILES string of the molecule is CCOc1ccccc1N(Cc1ccc(C(=O)Nc2cccnc2)cc1)S(C)(=O)=O. The predicted molar refractivity (Wildman–Crippen MR) is 117 cm³/mol. The van der Waals surface area contributed by atoms with Crippen LogP contribution in [0.2, 0.25) is 0 Å². The minimum Gasteiger partial charge on any atom is -0.492 e. The number of anilines is 2. The number of hydrogen-bond acceptors (Lipinski definition) is 5. The van der Waals surface area contributed by atoms with Gasteiger partial charge in [-0.3, -0.25) is 14.1 Å². The third-order valence-electron chi connectivity index (χ3n) is 4.30. The lowest BCUT2D eigenvalue weighted by atomic mass is 10.1. The number of pyridine rings is 1. The molecule has 0 aliphatic rings. The van der Waals surface area contributed by atoms with Gasteiger partial charge in [0.05, 0.1) is 37.0 Å². The zero-order valence-corrected chi connectivity index (χ0v) is 17.6. The Hall–Kier alpha value is -3.39. The number of nitrogens with one attached hydrogen (secondary N) is 1. The van der Waals surface area contributed by atoms with Crippen molar-refractivity contribution in [3.63, 3.8) is 0 Å². The van der Waals surface area contributed by atoms with Gasteiger partial charge in [0.2, 0.25) is 10.0 Å². The molecule has 0 spiro atoms. The average Bonchev–Trinajstić information content (AvgIpc) is 2.73. The molecule has 3 rings (SSSR count). The maximum atomic E-state index is 12.5. The summed E-state index contributed by atoms with van der Waals surface area (Å²) in [7, 11) is -3.56. The van der Waals surface area contributed by atoms with Gasteiger partial charge in [-0.25, -0.2) is 8.42 Å². The van der Waals surface area contributed by atoms with E-state index in [1.165, 1.54) is 4.31 Å². The van der Waals surface area contributed by atoms with Gasteiger partial charge in [0, 0.05) is 11.8 Å². The number of hydrogen-bond donors (Lipinski definition) is 1. The fourth-order valence-electron chi connectivity index (χ4n) is 2.89. The van der Waals surface area contributed by atoms with Crippen LogP contribution in [0.15, 0.2) is 73.1 Å². The summed E-state index contributed by atoms with van der Waals surface area (Å²) in [6.07, 6.45) is 4.35. The molecule has 0 saturated carbocycles. The van der Waals surface area contributed by atoms with Crippen LogP contribution in [0.5, 0.6) is 5.75 Å². The number of sulfonamides is 1. The lowest BCUT2D eigenvalue weighted by Crippen LogP contribution is -2.29. The van der Waals surface area contributed by atoms with E-state index in [1.54, 1.807) is 73.1 Å². The summed E-state index contributed by atoms with van der Waals surface area (Å²) in [6.45, 7) is 2.39. The van der Waals surface area contributed by atoms with Crippen molar-refractivity contribution in [2.75, 3.05) is 22.5 Å². The molecule has 7 nitrogen and oxygen atoms in total. The van der Waals surface area contributed by atoms with E-state index in [4.69, 9.17) is 4.74 Å². The van der Waals surface area contributed by atoms with Crippen LogP contribution in [-0.4, -0.2) is 32.2 Å². The zero-order valence-electron chi connectivity index (χ0n) is 16.8. The highest BCUT2D eigenvalue weighted by atomic mass is 32.2. The number of carbonyl (C=O) groups excluding carboxylic acids is 1. The molecule has 0 fully saturated rings. The Bertz CT molecular complexity index is 1100. The van der Waals surface area contributed by atoms with Gasteiger partial charge >= 0.3 is 0 Å². The van der Waals surface area contributed by atoms with Crippen molar-refractivity contribution >= 4 is 27.3 Å². The molecule has 0 saturated heterocycles. The summed E-state index contributed by atoms with van der Waals surface area (Å²) in [5.41, 5.74) is 2.27. The second-order valence-corrected chi connectivity index (χ2v) is 8.47. The van der Waals surface area contributed by atoms with Crippen molar-refractivity contribution in [1.29, 1.82) is 0 Å². The lowest BCUT2D eigenvalue weighted by Gasteiger charge is -2.24. The van der Waals surface area contributed by atoms with E-state index in [1.807, 2.05) is 6.92 Å². The van der Waals surface area contributed by atoms with E-state index in [-0.39, 0.29) is 12.5 Å². The Kier molecular flexibility index (Phi) is 6.68. The zero-order chi connectivity index (χ0) is 21.6. The van der Waals surface area contributed by atoms with E-state index in [2.05, 4.69) is 10.3 Å². The molecule has 1 heterocycles. The highest BCUT2D eigenvalue weighted by Crippen LogP contribution is 2.31. The molecule has 0 aliphatic carbocycles. The van der Waals surface area contributed by atoms with Gasteiger partial charge in [0.25, 0.3) is 5.91 Å². The van der Waals surface area contributed by atoms with E-state index in [9.17, 15) is 13.2 Å². The molecule has 0 atom stereocenters. The van der Waals surface area contributed by atoms with Crippen LogP contribution >= 0.6 is 0 Å². The fourth-order valence-corrected chi connectivity index (χ4v) is 3.78. The highest BCUT2D eigenvalue weighted by molar-refractivity contribution is 7.92. The van der Waals surface area contributed by atoms with E-state index >= 15 is 0 Å². The Morgan fingerprint density at radius 2 is 1.80 bits per heavy atom. The molecule has 0 unspecified atom stereocenters. The van der Waals surface area contributed by atoms with Crippen LogP contribution < -0.4 is 14.4 Å². The molecular weight excluding hydrogens is 402 g/mol. The van der Waals surface area contributed by atoms with Crippen molar-refractivity contribution in [2.24, 2.45) is 0 Å². The molecule has 0 radical (unpaired) electrons. The van der Waals surface area contributed by atoms with Gasteiger partial charge in [-0.1, -0.05) is 24.3 Å². The smallest absolute Gasteiger partial charge is 0.255 e. The summed E-state index contributed by atoms with van der Waals surface area (Å²) in [5, 5.41) is 2.77. The average molecular weight is 426 g/mol. The van der Waals surface area contributed by atoms with E-state index in [0.717, 1.165) is 11.8 Å². The first-order valence-corrected chi connectivity index (χ1v) is 11.2. The van der Waals surface area contributed by atoms with Gasteiger partial charge in [0.1, 0.15) is 5.75 Å². The van der Waals surface area contributed by atoms with Gasteiger partial charge in [0.15, 0.2) is 0 Å². The first-order chi connectivity index (χ1) is 14.4. The standard InChI is InChI=1S/C22H23N3O4S/c1-3-29-21-9-5-4-8-20(21)25(30(2,27)28)16-17-10-12-18(13-11-17)22(26)24-19-7-6-14-23-15-19/h4-15H,3,16H2,1-2H3,(H,24,26). The molecular formula is C22H23N3O4S. The van der Waals surface area contributed by atoms with Gasteiger partial charge in [-0.05, 0) is 48.9 Å². The summed E-state index contributed by atoms with van der Waals surface area (Å²) in [6, 6.07) is 17.3. The molecule has 3 aromatic rings. The lowest BCUT2D eigenvalue weighted by molar-refractivity contribution is 0.102. The monoisotopic (exact) mass is 425 g/mol. The number of benzene rings is 2. The van der Waals surface area contributed by atoms with Crippen LogP contribution in [0, 0.1) is 0 Å². The normalized spacial score (nSPS) is 11.0. The Labute approximate surface area is 176 Å².